The van der Waals surface area contributed by atoms with Gasteiger partial charge in [0.1, 0.15) is 5.75 Å². The lowest BCUT2D eigenvalue weighted by atomic mass is 10.1. The van der Waals surface area contributed by atoms with Crippen LogP contribution >= 0.6 is 0 Å². The molecule has 2 heterocycles. The summed E-state index contributed by atoms with van der Waals surface area (Å²) in [6.45, 7) is 4.52. The zero-order valence-corrected chi connectivity index (χ0v) is 15.9. The molecule has 0 radical (unpaired) electrons. The number of benzene rings is 1. The van der Waals surface area contributed by atoms with Crippen LogP contribution in [0.4, 0.5) is 0 Å². The molecule has 0 saturated carbocycles. The van der Waals surface area contributed by atoms with Crippen molar-refractivity contribution >= 4 is 5.91 Å². The van der Waals surface area contributed by atoms with Gasteiger partial charge in [-0.3, -0.25) is 4.79 Å². The van der Waals surface area contributed by atoms with Gasteiger partial charge in [0.15, 0.2) is 5.69 Å². The summed E-state index contributed by atoms with van der Waals surface area (Å²) in [5.41, 5.74) is 7.45. The lowest BCUT2D eigenvalue weighted by Gasteiger charge is -2.31. The number of nitrogens with zero attached hydrogens (tertiary/aromatic N) is 4. The molecule has 1 aromatic carbocycles. The zero-order chi connectivity index (χ0) is 19.2. The second-order valence-electron chi connectivity index (χ2n) is 6.64. The fourth-order valence-electron chi connectivity index (χ4n) is 3.20. The normalized spacial score (nSPS) is 15.1. The Bertz CT molecular complexity index is 751. The number of rotatable bonds is 7. The average molecular weight is 373 g/mol. The smallest absolute Gasteiger partial charge is 0.276 e. The van der Waals surface area contributed by atoms with Crippen LogP contribution in [0, 0.1) is 6.92 Å². The summed E-state index contributed by atoms with van der Waals surface area (Å²) in [6, 6.07) is 7.48. The van der Waals surface area contributed by atoms with Crippen molar-refractivity contribution in [2.75, 3.05) is 33.4 Å². The number of nitrogens with two attached hydrogens (primary N) is 1. The van der Waals surface area contributed by atoms with Crippen LogP contribution in [-0.4, -0.2) is 65.3 Å². The van der Waals surface area contributed by atoms with Crippen molar-refractivity contribution in [1.82, 2.24) is 19.9 Å². The molecule has 0 aliphatic carbocycles. The van der Waals surface area contributed by atoms with Gasteiger partial charge >= 0.3 is 0 Å². The van der Waals surface area contributed by atoms with Crippen molar-refractivity contribution in [3.8, 4) is 11.4 Å². The third kappa shape index (κ3) is 4.45. The van der Waals surface area contributed by atoms with E-state index in [4.69, 9.17) is 15.2 Å². The van der Waals surface area contributed by atoms with E-state index in [1.807, 2.05) is 36.1 Å². The van der Waals surface area contributed by atoms with E-state index in [9.17, 15) is 4.79 Å². The summed E-state index contributed by atoms with van der Waals surface area (Å²) in [5.74, 6) is 0.692. The van der Waals surface area contributed by atoms with Crippen LogP contribution in [0.15, 0.2) is 24.3 Å². The maximum Gasteiger partial charge on any atom is 0.276 e. The Balaban J connectivity index is 1.63. The molecule has 1 amide bonds. The fraction of sp³-hybridized carbons (Fsp3) is 0.526. The molecule has 1 aliphatic heterocycles. The number of ether oxygens (including phenoxy) is 2. The maximum atomic E-state index is 12.9. The molecule has 0 unspecified atom stereocenters. The van der Waals surface area contributed by atoms with Gasteiger partial charge in [-0.2, -0.15) is 0 Å². The van der Waals surface area contributed by atoms with Crippen molar-refractivity contribution < 1.29 is 14.3 Å². The molecule has 0 bridgehead atoms. The first-order valence-corrected chi connectivity index (χ1v) is 9.31. The van der Waals surface area contributed by atoms with Crippen LogP contribution in [0.5, 0.6) is 5.75 Å². The Kier molecular flexibility index (Phi) is 6.41. The van der Waals surface area contributed by atoms with E-state index in [0.717, 1.165) is 36.4 Å². The zero-order valence-electron chi connectivity index (χ0n) is 15.9. The van der Waals surface area contributed by atoms with Crippen LogP contribution in [0.1, 0.15) is 35.4 Å². The van der Waals surface area contributed by atoms with Crippen LogP contribution < -0.4 is 10.5 Å². The lowest BCUT2D eigenvalue weighted by Crippen LogP contribution is -2.41. The highest BCUT2D eigenvalue weighted by Gasteiger charge is 2.27. The highest BCUT2D eigenvalue weighted by atomic mass is 16.5. The molecule has 1 aliphatic rings. The van der Waals surface area contributed by atoms with Crippen LogP contribution in [0.3, 0.4) is 0 Å². The van der Waals surface area contributed by atoms with Gasteiger partial charge in [-0.05, 0) is 57.0 Å². The average Bonchev–Trinajstić information content (AvgIpc) is 3.09. The predicted octanol–water partition coefficient (Wildman–Crippen LogP) is 1.55. The van der Waals surface area contributed by atoms with E-state index in [2.05, 4.69) is 10.3 Å². The fourth-order valence-corrected chi connectivity index (χ4v) is 3.20. The Morgan fingerprint density at radius 2 is 1.96 bits per heavy atom. The first-order chi connectivity index (χ1) is 13.1. The van der Waals surface area contributed by atoms with E-state index in [-0.39, 0.29) is 12.0 Å². The number of piperidine rings is 1. The largest absolute Gasteiger partial charge is 0.497 e. The number of hydrogen-bond acceptors (Lipinski definition) is 6. The molecule has 1 aromatic heterocycles. The Labute approximate surface area is 159 Å². The molecule has 3 rings (SSSR count). The summed E-state index contributed by atoms with van der Waals surface area (Å²) < 4.78 is 12.7. The number of amides is 1. The minimum Gasteiger partial charge on any atom is -0.497 e. The van der Waals surface area contributed by atoms with E-state index in [0.29, 0.717) is 31.9 Å². The van der Waals surface area contributed by atoms with Gasteiger partial charge in [0, 0.05) is 19.7 Å². The monoisotopic (exact) mass is 373 g/mol. The second-order valence-corrected chi connectivity index (χ2v) is 6.64. The molecular formula is C19H27N5O3. The molecule has 1 fully saturated rings. The second kappa shape index (κ2) is 8.96. The highest BCUT2D eigenvalue weighted by molar-refractivity contribution is 5.93. The van der Waals surface area contributed by atoms with Gasteiger partial charge in [0.25, 0.3) is 5.91 Å². The minimum absolute atomic E-state index is 0.0762. The standard InChI is InChI=1S/C19H27N5O3/c1-14-18(21-22-24(14)15-4-6-16(26-2)7-5-15)19(25)23-11-8-17(9-12-23)27-13-3-10-20/h4-7,17H,3,8-13,20H2,1-2H3. The van der Waals surface area contributed by atoms with Crippen molar-refractivity contribution in [2.45, 2.75) is 32.3 Å². The third-order valence-electron chi connectivity index (χ3n) is 4.85. The van der Waals surface area contributed by atoms with Crippen molar-refractivity contribution in [2.24, 2.45) is 5.73 Å². The number of likely N-dealkylation sites (tertiary alicyclic amines) is 1. The number of hydrogen-bond donors (Lipinski definition) is 1. The molecule has 2 N–H and O–H groups in total. The molecule has 0 spiro atoms. The highest BCUT2D eigenvalue weighted by Crippen LogP contribution is 2.20. The summed E-state index contributed by atoms with van der Waals surface area (Å²) in [6.07, 6.45) is 2.74. The number of carbonyl (C=O) groups excluding carboxylic acids is 1. The van der Waals surface area contributed by atoms with Crippen LogP contribution in [0.2, 0.25) is 0 Å². The van der Waals surface area contributed by atoms with Gasteiger partial charge in [0.2, 0.25) is 0 Å². The number of carbonyl (C=O) groups is 1. The van der Waals surface area contributed by atoms with Gasteiger partial charge in [-0.1, -0.05) is 5.21 Å². The minimum atomic E-state index is -0.0762. The molecule has 146 valence electrons. The number of methoxy groups -OCH3 is 1. The Morgan fingerprint density at radius 3 is 2.59 bits per heavy atom. The first kappa shape index (κ1) is 19.3. The van der Waals surface area contributed by atoms with E-state index < -0.39 is 0 Å². The summed E-state index contributed by atoms with van der Waals surface area (Å²) >= 11 is 0. The molecule has 27 heavy (non-hydrogen) atoms. The van der Waals surface area contributed by atoms with Crippen molar-refractivity contribution in [3.05, 3.63) is 35.7 Å². The van der Waals surface area contributed by atoms with E-state index in [1.54, 1.807) is 11.8 Å². The topological polar surface area (TPSA) is 95.5 Å². The van der Waals surface area contributed by atoms with E-state index >= 15 is 0 Å². The Morgan fingerprint density at radius 1 is 1.26 bits per heavy atom. The van der Waals surface area contributed by atoms with Crippen LogP contribution in [-0.2, 0) is 4.74 Å². The summed E-state index contributed by atoms with van der Waals surface area (Å²) in [7, 11) is 1.62. The maximum absolute atomic E-state index is 12.9. The van der Waals surface area contributed by atoms with Gasteiger partial charge < -0.3 is 20.1 Å². The summed E-state index contributed by atoms with van der Waals surface area (Å²) in [5, 5.41) is 8.30. The number of aromatic nitrogens is 3. The molecule has 8 heteroatoms. The van der Waals surface area contributed by atoms with Crippen molar-refractivity contribution in [1.29, 1.82) is 0 Å². The molecule has 0 atom stereocenters. The van der Waals surface area contributed by atoms with Crippen LogP contribution in [0.25, 0.3) is 5.69 Å². The molecule has 8 nitrogen and oxygen atoms in total. The van der Waals surface area contributed by atoms with Gasteiger partial charge in [0.05, 0.1) is 24.6 Å². The quantitative estimate of drug-likeness (QED) is 0.740. The van der Waals surface area contributed by atoms with Crippen molar-refractivity contribution in [3.63, 3.8) is 0 Å². The Hall–Kier alpha value is -2.45. The molecule has 2 aromatic rings. The van der Waals surface area contributed by atoms with Gasteiger partial charge in [-0.15, -0.1) is 5.10 Å². The molecule has 1 saturated heterocycles. The predicted molar refractivity (Wildman–Crippen MR) is 101 cm³/mol. The third-order valence-corrected chi connectivity index (χ3v) is 4.85. The molecular weight excluding hydrogens is 346 g/mol. The summed E-state index contributed by atoms with van der Waals surface area (Å²) in [4.78, 5) is 14.7. The van der Waals surface area contributed by atoms with Gasteiger partial charge in [-0.25, -0.2) is 4.68 Å². The SMILES string of the molecule is COc1ccc(-n2nnc(C(=O)N3CCC(OCCCN)CC3)c2C)cc1. The van der Waals surface area contributed by atoms with E-state index in [1.165, 1.54) is 0 Å². The first-order valence-electron chi connectivity index (χ1n) is 9.31. The lowest BCUT2D eigenvalue weighted by molar-refractivity contribution is 0.00827.